The van der Waals surface area contributed by atoms with E-state index in [0.29, 0.717) is 6.42 Å². The summed E-state index contributed by atoms with van der Waals surface area (Å²) in [5.74, 6) is -0.174. The molecule has 0 aromatic heterocycles. The van der Waals surface area contributed by atoms with Crippen LogP contribution >= 0.6 is 0 Å². The van der Waals surface area contributed by atoms with Crippen LogP contribution in [0.3, 0.4) is 0 Å². The van der Waals surface area contributed by atoms with Gasteiger partial charge in [-0.05, 0) is 24.1 Å². The lowest BCUT2D eigenvalue weighted by Gasteiger charge is -2.39. The number of allylic oxidation sites excluding steroid dienone is 1. The highest BCUT2D eigenvalue weighted by Gasteiger charge is 2.45. The predicted molar refractivity (Wildman–Crippen MR) is 83.0 cm³/mol. The Bertz CT molecular complexity index is 573. The largest absolute Gasteiger partial charge is 0.502 e. The second-order valence-electron chi connectivity index (χ2n) is 5.45. The first-order valence-electron chi connectivity index (χ1n) is 7.40. The van der Waals surface area contributed by atoms with Gasteiger partial charge in [-0.15, -0.1) is 6.58 Å². The Morgan fingerprint density at radius 3 is 2.42 bits per heavy atom. The van der Waals surface area contributed by atoms with E-state index in [1.807, 2.05) is 0 Å². The molecule has 5 atom stereocenters. The van der Waals surface area contributed by atoms with Crippen LogP contribution in [0.4, 0.5) is 0 Å². The lowest BCUT2D eigenvalue weighted by molar-refractivity contribution is -0.277. The van der Waals surface area contributed by atoms with Crippen molar-refractivity contribution < 1.29 is 39.7 Å². The molecular formula is C16H22O8. The van der Waals surface area contributed by atoms with Crippen molar-refractivity contribution in [3.63, 3.8) is 0 Å². The van der Waals surface area contributed by atoms with Gasteiger partial charge in [0, 0.05) is 0 Å². The van der Waals surface area contributed by atoms with Crippen LogP contribution in [-0.4, -0.2) is 70.0 Å². The summed E-state index contributed by atoms with van der Waals surface area (Å²) in [6, 6.07) is 3.12. The number of methoxy groups -OCH3 is 1. The second-order valence-corrected chi connectivity index (χ2v) is 5.45. The maximum Gasteiger partial charge on any atom is 0.229 e. The van der Waals surface area contributed by atoms with E-state index in [2.05, 4.69) is 6.58 Å². The van der Waals surface area contributed by atoms with Crippen molar-refractivity contribution in [2.24, 2.45) is 0 Å². The first kappa shape index (κ1) is 18.5. The Hall–Kier alpha value is -1.84. The third kappa shape index (κ3) is 3.63. The van der Waals surface area contributed by atoms with Gasteiger partial charge in [0.25, 0.3) is 0 Å². The van der Waals surface area contributed by atoms with E-state index in [0.717, 1.165) is 5.56 Å². The van der Waals surface area contributed by atoms with Gasteiger partial charge in [0.15, 0.2) is 11.5 Å². The summed E-state index contributed by atoms with van der Waals surface area (Å²) in [7, 11) is 1.38. The number of aliphatic hydroxyl groups is 4. The van der Waals surface area contributed by atoms with Crippen molar-refractivity contribution in [3.8, 4) is 17.2 Å². The predicted octanol–water partition coefficient (Wildman–Crippen LogP) is -0.692. The van der Waals surface area contributed by atoms with Gasteiger partial charge in [0.1, 0.15) is 24.4 Å². The zero-order chi connectivity index (χ0) is 17.9. The van der Waals surface area contributed by atoms with Gasteiger partial charge in [-0.25, -0.2) is 0 Å². The van der Waals surface area contributed by atoms with Crippen LogP contribution in [0.25, 0.3) is 0 Å². The van der Waals surface area contributed by atoms with Crippen LogP contribution < -0.4 is 9.47 Å². The molecular weight excluding hydrogens is 320 g/mol. The molecule has 1 aromatic rings. The standard InChI is InChI=1S/C16H22O8/c1-3-4-8-5-9(22-2)12(18)10(6-8)23-16-15(21)14(20)13(19)11(7-17)24-16/h3,5-6,11,13-21H,1,4,7H2,2H3/t11-,13-,14+,15-,16-/m1/s1. The minimum atomic E-state index is -1.57. The first-order chi connectivity index (χ1) is 11.4. The van der Waals surface area contributed by atoms with Gasteiger partial charge >= 0.3 is 0 Å². The molecule has 8 heteroatoms. The highest BCUT2D eigenvalue weighted by molar-refractivity contribution is 5.53. The molecule has 0 spiro atoms. The fraction of sp³-hybridized carbons (Fsp3) is 0.500. The molecule has 0 bridgehead atoms. The topological polar surface area (TPSA) is 129 Å². The van der Waals surface area contributed by atoms with Crippen LogP contribution in [0.2, 0.25) is 0 Å². The number of hydrogen-bond acceptors (Lipinski definition) is 8. The van der Waals surface area contributed by atoms with Gasteiger partial charge in [0.2, 0.25) is 12.0 Å². The Morgan fingerprint density at radius 2 is 1.83 bits per heavy atom. The molecule has 1 saturated heterocycles. The monoisotopic (exact) mass is 342 g/mol. The lowest BCUT2D eigenvalue weighted by atomic mass is 9.99. The number of hydrogen-bond donors (Lipinski definition) is 5. The van der Waals surface area contributed by atoms with Crippen molar-refractivity contribution in [2.75, 3.05) is 13.7 Å². The molecule has 2 rings (SSSR count). The average molecular weight is 342 g/mol. The van der Waals surface area contributed by atoms with Crippen molar-refractivity contribution in [1.82, 2.24) is 0 Å². The maximum absolute atomic E-state index is 10.2. The van der Waals surface area contributed by atoms with Gasteiger partial charge in [0.05, 0.1) is 13.7 Å². The maximum atomic E-state index is 10.2. The Labute approximate surface area is 139 Å². The number of benzene rings is 1. The molecule has 1 heterocycles. The summed E-state index contributed by atoms with van der Waals surface area (Å²) in [4.78, 5) is 0. The Balaban J connectivity index is 2.28. The Morgan fingerprint density at radius 1 is 1.17 bits per heavy atom. The molecule has 1 fully saturated rings. The quantitative estimate of drug-likeness (QED) is 0.430. The molecule has 0 aliphatic carbocycles. The summed E-state index contributed by atoms with van der Waals surface area (Å²) in [6.45, 7) is 3.06. The van der Waals surface area contributed by atoms with Crippen molar-refractivity contribution in [1.29, 1.82) is 0 Å². The third-order valence-electron chi connectivity index (χ3n) is 3.79. The molecule has 1 aliphatic rings. The summed E-state index contributed by atoms with van der Waals surface area (Å²) in [6.07, 6.45) is -4.98. The number of ether oxygens (including phenoxy) is 3. The molecule has 1 aliphatic heterocycles. The SMILES string of the molecule is C=CCc1cc(OC)c(O)c(O[C@@H]2O[C@H](CO)[C@@H](O)[C@H](O)[C@H]2O)c1. The summed E-state index contributed by atoms with van der Waals surface area (Å²) < 4.78 is 15.8. The van der Waals surface area contributed by atoms with E-state index in [-0.39, 0.29) is 17.2 Å². The molecule has 24 heavy (non-hydrogen) atoms. The van der Waals surface area contributed by atoms with E-state index >= 15 is 0 Å². The van der Waals surface area contributed by atoms with Gasteiger partial charge in [-0.1, -0.05) is 6.08 Å². The number of phenols is 1. The van der Waals surface area contributed by atoms with Crippen molar-refractivity contribution in [3.05, 3.63) is 30.4 Å². The van der Waals surface area contributed by atoms with E-state index in [9.17, 15) is 25.5 Å². The second kappa shape index (κ2) is 7.82. The van der Waals surface area contributed by atoms with Gasteiger partial charge in [-0.3, -0.25) is 0 Å². The average Bonchev–Trinajstić information content (AvgIpc) is 2.58. The molecule has 0 saturated carbocycles. The fourth-order valence-corrected chi connectivity index (χ4v) is 2.46. The fourth-order valence-electron chi connectivity index (χ4n) is 2.46. The number of rotatable bonds is 6. The Kier molecular flexibility index (Phi) is 6.03. The molecule has 5 N–H and O–H groups in total. The minimum Gasteiger partial charge on any atom is -0.502 e. The smallest absolute Gasteiger partial charge is 0.229 e. The molecule has 134 valence electrons. The van der Waals surface area contributed by atoms with Crippen molar-refractivity contribution in [2.45, 2.75) is 37.1 Å². The summed E-state index contributed by atoms with van der Waals surface area (Å²) >= 11 is 0. The highest BCUT2D eigenvalue weighted by atomic mass is 16.7. The zero-order valence-corrected chi connectivity index (χ0v) is 13.2. The lowest BCUT2D eigenvalue weighted by Crippen LogP contribution is -2.60. The van der Waals surface area contributed by atoms with E-state index in [4.69, 9.17) is 14.2 Å². The number of aliphatic hydroxyl groups excluding tert-OH is 4. The van der Waals surface area contributed by atoms with E-state index in [1.165, 1.54) is 13.2 Å². The van der Waals surface area contributed by atoms with Gasteiger partial charge < -0.3 is 39.7 Å². The van der Waals surface area contributed by atoms with Crippen LogP contribution in [0, 0.1) is 0 Å². The number of aromatic hydroxyl groups is 1. The normalized spacial score (nSPS) is 30.0. The van der Waals surface area contributed by atoms with Crippen LogP contribution in [0.1, 0.15) is 5.56 Å². The zero-order valence-electron chi connectivity index (χ0n) is 13.2. The molecule has 1 aromatic carbocycles. The molecule has 0 radical (unpaired) electrons. The molecule has 0 unspecified atom stereocenters. The minimum absolute atomic E-state index is 0.0319. The van der Waals surface area contributed by atoms with Crippen LogP contribution in [-0.2, 0) is 11.2 Å². The van der Waals surface area contributed by atoms with Crippen LogP contribution in [0.15, 0.2) is 24.8 Å². The number of phenolic OH excluding ortho intramolecular Hbond substituents is 1. The summed E-state index contributed by atoms with van der Waals surface area (Å²) in [5, 5.41) is 48.9. The van der Waals surface area contributed by atoms with Crippen LogP contribution in [0.5, 0.6) is 17.2 Å². The molecule has 0 amide bonds. The van der Waals surface area contributed by atoms with Gasteiger partial charge in [-0.2, -0.15) is 0 Å². The van der Waals surface area contributed by atoms with E-state index < -0.39 is 37.3 Å². The van der Waals surface area contributed by atoms with E-state index in [1.54, 1.807) is 12.1 Å². The highest BCUT2D eigenvalue weighted by Crippen LogP contribution is 2.39. The first-order valence-corrected chi connectivity index (χ1v) is 7.40. The third-order valence-corrected chi connectivity index (χ3v) is 3.79. The summed E-state index contributed by atoms with van der Waals surface area (Å²) in [5.41, 5.74) is 0.735. The molecule has 8 nitrogen and oxygen atoms in total. The van der Waals surface area contributed by atoms with Crippen molar-refractivity contribution >= 4 is 0 Å².